The molecule has 0 aliphatic carbocycles. The third-order valence-corrected chi connectivity index (χ3v) is 3.55. The van der Waals surface area contributed by atoms with Crippen molar-refractivity contribution >= 4 is 27.4 Å². The van der Waals surface area contributed by atoms with Crippen molar-refractivity contribution in [2.75, 3.05) is 5.32 Å². The first kappa shape index (κ1) is 14.0. The summed E-state index contributed by atoms with van der Waals surface area (Å²) in [4.78, 5) is 10.8. The highest BCUT2D eigenvalue weighted by Crippen LogP contribution is 2.24. The molecule has 2 rings (SSSR count). The first-order chi connectivity index (χ1) is 9.38. The molecule has 0 unspecified atom stereocenters. The van der Waals surface area contributed by atoms with E-state index in [-0.39, 0.29) is 16.1 Å². The van der Waals surface area contributed by atoms with E-state index in [0.717, 1.165) is 0 Å². The molecule has 0 atom stereocenters. The molecule has 0 radical (unpaired) electrons. The molecule has 20 heavy (non-hydrogen) atoms. The van der Waals surface area contributed by atoms with E-state index in [1.54, 1.807) is 30.3 Å². The minimum Gasteiger partial charge on any atom is -0.478 e. The number of primary sulfonamides is 1. The zero-order valence-corrected chi connectivity index (χ0v) is 11.1. The number of benzene rings is 2. The van der Waals surface area contributed by atoms with Gasteiger partial charge in [-0.3, -0.25) is 0 Å². The number of sulfonamides is 1. The Balaban J connectivity index is 2.41. The summed E-state index contributed by atoms with van der Waals surface area (Å²) in [6, 6.07) is 12.2. The summed E-state index contributed by atoms with van der Waals surface area (Å²) in [6.45, 7) is 0. The van der Waals surface area contributed by atoms with Crippen LogP contribution in [0.1, 0.15) is 10.4 Å². The Bertz CT molecular complexity index is 756. The molecule has 0 saturated heterocycles. The van der Waals surface area contributed by atoms with Gasteiger partial charge >= 0.3 is 5.97 Å². The molecule has 0 aliphatic heterocycles. The zero-order valence-electron chi connectivity index (χ0n) is 10.3. The summed E-state index contributed by atoms with van der Waals surface area (Å²) in [7, 11) is -3.86. The average molecular weight is 292 g/mol. The van der Waals surface area contributed by atoms with Gasteiger partial charge in [0.15, 0.2) is 0 Å². The van der Waals surface area contributed by atoms with Crippen molar-refractivity contribution < 1.29 is 18.3 Å². The molecular weight excluding hydrogens is 280 g/mol. The number of carboxylic acid groups (broad SMARTS) is 1. The van der Waals surface area contributed by atoms with E-state index in [9.17, 15) is 13.2 Å². The summed E-state index contributed by atoms with van der Waals surface area (Å²) >= 11 is 0. The molecule has 0 aromatic heterocycles. The van der Waals surface area contributed by atoms with Gasteiger partial charge in [0.25, 0.3) is 0 Å². The highest BCUT2D eigenvalue weighted by Gasteiger charge is 2.13. The van der Waals surface area contributed by atoms with Crippen LogP contribution in [0.3, 0.4) is 0 Å². The Morgan fingerprint density at radius 3 is 2.45 bits per heavy atom. The molecule has 2 aromatic rings. The largest absolute Gasteiger partial charge is 0.478 e. The average Bonchev–Trinajstić information content (AvgIpc) is 2.38. The molecule has 2 aromatic carbocycles. The van der Waals surface area contributed by atoms with Crippen molar-refractivity contribution in [2.24, 2.45) is 5.14 Å². The van der Waals surface area contributed by atoms with Crippen LogP contribution in [-0.2, 0) is 10.0 Å². The Morgan fingerprint density at radius 1 is 1.10 bits per heavy atom. The third-order valence-electron chi connectivity index (χ3n) is 2.58. The highest BCUT2D eigenvalue weighted by atomic mass is 32.2. The summed E-state index contributed by atoms with van der Waals surface area (Å²) in [5, 5.41) is 16.9. The van der Waals surface area contributed by atoms with Crippen LogP contribution >= 0.6 is 0 Å². The van der Waals surface area contributed by atoms with Gasteiger partial charge in [0.2, 0.25) is 10.0 Å². The van der Waals surface area contributed by atoms with Crippen molar-refractivity contribution in [1.29, 1.82) is 0 Å². The summed E-state index contributed by atoms with van der Waals surface area (Å²) in [5.74, 6) is -1.06. The number of para-hydroxylation sites is 1. The minimum absolute atomic E-state index is 0.0549. The lowest BCUT2D eigenvalue weighted by Gasteiger charge is -2.10. The van der Waals surface area contributed by atoms with Crippen LogP contribution in [0.4, 0.5) is 11.4 Å². The van der Waals surface area contributed by atoms with Gasteiger partial charge in [0.1, 0.15) is 4.90 Å². The van der Waals surface area contributed by atoms with E-state index in [0.29, 0.717) is 5.69 Å². The molecule has 4 N–H and O–H groups in total. The number of hydrogen-bond donors (Lipinski definition) is 3. The second-order valence-electron chi connectivity index (χ2n) is 4.05. The lowest BCUT2D eigenvalue weighted by Crippen LogP contribution is -2.14. The fourth-order valence-corrected chi connectivity index (χ4v) is 2.40. The van der Waals surface area contributed by atoms with Gasteiger partial charge in [-0.2, -0.15) is 0 Å². The fraction of sp³-hybridized carbons (Fsp3) is 0. The first-order valence-electron chi connectivity index (χ1n) is 5.60. The van der Waals surface area contributed by atoms with Gasteiger partial charge in [-0.1, -0.05) is 18.2 Å². The maximum atomic E-state index is 11.5. The third kappa shape index (κ3) is 3.14. The van der Waals surface area contributed by atoms with Gasteiger partial charge in [-0.05, 0) is 30.3 Å². The minimum atomic E-state index is -3.86. The predicted octanol–water partition coefficient (Wildman–Crippen LogP) is 1.78. The Labute approximate surface area is 115 Å². The number of anilines is 2. The normalized spacial score (nSPS) is 11.1. The SMILES string of the molecule is NS(=O)(=O)c1ccccc1Nc1cccc(C(=O)O)c1. The van der Waals surface area contributed by atoms with E-state index in [1.165, 1.54) is 18.2 Å². The van der Waals surface area contributed by atoms with Gasteiger partial charge < -0.3 is 10.4 Å². The Hall–Kier alpha value is -2.38. The van der Waals surface area contributed by atoms with E-state index >= 15 is 0 Å². The van der Waals surface area contributed by atoms with Crippen LogP contribution in [0.5, 0.6) is 0 Å². The van der Waals surface area contributed by atoms with Crippen molar-refractivity contribution in [3.05, 3.63) is 54.1 Å². The predicted molar refractivity (Wildman–Crippen MR) is 74.5 cm³/mol. The number of aromatic carboxylic acids is 1. The lowest BCUT2D eigenvalue weighted by molar-refractivity contribution is 0.0697. The second-order valence-corrected chi connectivity index (χ2v) is 5.58. The summed E-state index contributed by atoms with van der Waals surface area (Å²) in [6.07, 6.45) is 0. The quantitative estimate of drug-likeness (QED) is 0.795. The van der Waals surface area contributed by atoms with E-state index in [2.05, 4.69) is 5.32 Å². The Kier molecular flexibility index (Phi) is 3.73. The van der Waals surface area contributed by atoms with Crippen LogP contribution in [0, 0.1) is 0 Å². The summed E-state index contributed by atoms with van der Waals surface area (Å²) < 4.78 is 22.9. The molecule has 104 valence electrons. The monoisotopic (exact) mass is 292 g/mol. The van der Waals surface area contributed by atoms with E-state index in [1.807, 2.05) is 0 Å². The number of nitrogens with two attached hydrogens (primary N) is 1. The van der Waals surface area contributed by atoms with Crippen LogP contribution < -0.4 is 10.5 Å². The number of nitrogens with one attached hydrogen (secondary N) is 1. The summed E-state index contributed by atoms with van der Waals surface area (Å²) in [5.41, 5.74) is 0.849. The molecule has 0 spiro atoms. The van der Waals surface area contributed by atoms with Crippen LogP contribution in [0.15, 0.2) is 53.4 Å². The van der Waals surface area contributed by atoms with E-state index < -0.39 is 16.0 Å². The first-order valence-corrected chi connectivity index (χ1v) is 7.15. The smallest absolute Gasteiger partial charge is 0.335 e. The number of rotatable bonds is 4. The fourth-order valence-electron chi connectivity index (χ4n) is 1.70. The molecule has 0 fully saturated rings. The topological polar surface area (TPSA) is 109 Å². The molecule has 0 saturated carbocycles. The van der Waals surface area contributed by atoms with Gasteiger partial charge in [-0.25, -0.2) is 18.4 Å². The number of hydrogen-bond acceptors (Lipinski definition) is 4. The standard InChI is InChI=1S/C13H12N2O4S/c14-20(18,19)12-7-2-1-6-11(12)15-10-5-3-4-9(8-10)13(16)17/h1-8,15H,(H,16,17)(H2,14,18,19). The maximum absolute atomic E-state index is 11.5. The molecule has 6 nitrogen and oxygen atoms in total. The molecule has 0 heterocycles. The number of carbonyl (C=O) groups is 1. The van der Waals surface area contributed by atoms with Crippen molar-refractivity contribution in [3.8, 4) is 0 Å². The zero-order chi connectivity index (χ0) is 14.8. The molecule has 0 bridgehead atoms. The molecular formula is C13H12N2O4S. The maximum Gasteiger partial charge on any atom is 0.335 e. The van der Waals surface area contributed by atoms with Crippen molar-refractivity contribution in [2.45, 2.75) is 4.90 Å². The second kappa shape index (κ2) is 5.32. The van der Waals surface area contributed by atoms with Crippen LogP contribution in [-0.4, -0.2) is 19.5 Å². The van der Waals surface area contributed by atoms with E-state index in [4.69, 9.17) is 10.2 Å². The van der Waals surface area contributed by atoms with Crippen molar-refractivity contribution in [1.82, 2.24) is 0 Å². The van der Waals surface area contributed by atoms with Crippen LogP contribution in [0.25, 0.3) is 0 Å². The molecule has 0 amide bonds. The lowest BCUT2D eigenvalue weighted by atomic mass is 10.2. The van der Waals surface area contributed by atoms with Gasteiger partial charge in [0, 0.05) is 5.69 Å². The van der Waals surface area contributed by atoms with Crippen LogP contribution in [0.2, 0.25) is 0 Å². The van der Waals surface area contributed by atoms with Gasteiger partial charge in [0.05, 0.1) is 11.3 Å². The Morgan fingerprint density at radius 2 is 1.80 bits per heavy atom. The molecule has 7 heteroatoms. The highest BCUT2D eigenvalue weighted by molar-refractivity contribution is 7.89. The number of carboxylic acids is 1. The van der Waals surface area contributed by atoms with Gasteiger partial charge in [-0.15, -0.1) is 0 Å². The molecule has 0 aliphatic rings. The van der Waals surface area contributed by atoms with Crippen molar-refractivity contribution in [3.63, 3.8) is 0 Å².